The monoisotopic (exact) mass is 475 g/mol. The Balaban J connectivity index is 1.30. The van der Waals surface area contributed by atoms with E-state index in [1.807, 2.05) is 18.2 Å². The average Bonchev–Trinajstić information content (AvgIpc) is 3.42. The molecule has 0 aliphatic carbocycles. The van der Waals surface area contributed by atoms with E-state index in [4.69, 9.17) is 16.0 Å². The van der Waals surface area contributed by atoms with Crippen molar-refractivity contribution in [3.05, 3.63) is 64.6 Å². The highest BCUT2D eigenvalue weighted by atomic mass is 35.5. The molecule has 12 heteroatoms. The van der Waals surface area contributed by atoms with Gasteiger partial charge in [-0.05, 0) is 37.2 Å². The molecule has 0 atom stereocenters. The molecular weight excluding hydrogens is 459 g/mol. The Morgan fingerprint density at radius 1 is 1.09 bits per heavy atom. The SMILES string of the molecule is Fc1cc(-c2nnc(C(F)F)o2)cnc1Cn1cc(-c2ccc(CN3CCC3)cc2Cl)nn1. The molecule has 8 nitrogen and oxygen atoms in total. The van der Waals surface area contributed by atoms with Gasteiger partial charge in [0.15, 0.2) is 0 Å². The van der Waals surface area contributed by atoms with Crippen molar-refractivity contribution in [1.29, 1.82) is 0 Å². The van der Waals surface area contributed by atoms with Crippen molar-refractivity contribution in [3.63, 3.8) is 0 Å². The Hall–Kier alpha value is -3.31. The molecule has 0 spiro atoms. The Bertz CT molecular complexity index is 1290. The minimum absolute atomic E-state index is 0.00981. The van der Waals surface area contributed by atoms with Gasteiger partial charge < -0.3 is 4.42 Å². The first-order valence-electron chi connectivity index (χ1n) is 10.1. The van der Waals surface area contributed by atoms with Crippen molar-refractivity contribution in [3.8, 4) is 22.7 Å². The molecular formula is C21H17ClF3N7O. The van der Waals surface area contributed by atoms with Gasteiger partial charge in [0.2, 0.25) is 5.89 Å². The number of aromatic nitrogens is 6. The summed E-state index contributed by atoms with van der Waals surface area (Å²) < 4.78 is 46.1. The van der Waals surface area contributed by atoms with Crippen LogP contribution in [-0.2, 0) is 13.1 Å². The Labute approximate surface area is 191 Å². The van der Waals surface area contributed by atoms with Crippen LogP contribution in [-0.4, -0.2) is 48.2 Å². The first kappa shape index (κ1) is 21.5. The Kier molecular flexibility index (Phi) is 5.81. The predicted molar refractivity (Wildman–Crippen MR) is 112 cm³/mol. The summed E-state index contributed by atoms with van der Waals surface area (Å²) in [6.07, 6.45) is 1.24. The van der Waals surface area contributed by atoms with Crippen LogP contribution in [0, 0.1) is 5.82 Å². The summed E-state index contributed by atoms with van der Waals surface area (Å²) in [5, 5.41) is 15.5. The van der Waals surface area contributed by atoms with E-state index in [0.717, 1.165) is 36.8 Å². The molecule has 0 saturated carbocycles. The van der Waals surface area contributed by atoms with Gasteiger partial charge in [0, 0.05) is 18.3 Å². The van der Waals surface area contributed by atoms with Crippen molar-refractivity contribution < 1.29 is 17.6 Å². The fourth-order valence-electron chi connectivity index (χ4n) is 3.45. The Morgan fingerprint density at radius 2 is 1.94 bits per heavy atom. The van der Waals surface area contributed by atoms with E-state index in [-0.39, 0.29) is 23.7 Å². The number of nitrogens with zero attached hydrogens (tertiary/aromatic N) is 7. The first-order chi connectivity index (χ1) is 16.0. The van der Waals surface area contributed by atoms with E-state index in [1.165, 1.54) is 17.3 Å². The van der Waals surface area contributed by atoms with Crippen LogP contribution in [0.15, 0.2) is 41.1 Å². The minimum Gasteiger partial charge on any atom is -0.415 e. The molecule has 1 fully saturated rings. The molecule has 4 heterocycles. The van der Waals surface area contributed by atoms with Crippen LogP contribution in [0.2, 0.25) is 5.02 Å². The van der Waals surface area contributed by atoms with Crippen LogP contribution in [0.4, 0.5) is 13.2 Å². The van der Waals surface area contributed by atoms with Crippen LogP contribution in [0.1, 0.15) is 30.0 Å². The Morgan fingerprint density at radius 3 is 2.61 bits per heavy atom. The first-order valence-corrected chi connectivity index (χ1v) is 10.5. The molecule has 33 heavy (non-hydrogen) atoms. The highest BCUT2D eigenvalue weighted by molar-refractivity contribution is 6.33. The molecule has 5 rings (SSSR count). The molecule has 0 unspecified atom stereocenters. The third-order valence-electron chi connectivity index (χ3n) is 5.31. The van der Waals surface area contributed by atoms with E-state index in [9.17, 15) is 13.2 Å². The average molecular weight is 476 g/mol. The van der Waals surface area contributed by atoms with Gasteiger partial charge in [-0.15, -0.1) is 15.3 Å². The van der Waals surface area contributed by atoms with Crippen molar-refractivity contribution in [2.45, 2.75) is 25.9 Å². The summed E-state index contributed by atoms with van der Waals surface area (Å²) in [5.41, 5.74) is 2.59. The van der Waals surface area contributed by atoms with Gasteiger partial charge in [-0.1, -0.05) is 28.9 Å². The van der Waals surface area contributed by atoms with Gasteiger partial charge >= 0.3 is 6.43 Å². The van der Waals surface area contributed by atoms with Gasteiger partial charge in [-0.25, -0.2) is 9.07 Å². The fourth-order valence-corrected chi connectivity index (χ4v) is 3.75. The van der Waals surface area contributed by atoms with Gasteiger partial charge in [-0.3, -0.25) is 9.88 Å². The largest absolute Gasteiger partial charge is 0.415 e. The second-order valence-electron chi connectivity index (χ2n) is 7.64. The number of halogens is 4. The topological polar surface area (TPSA) is 85.8 Å². The van der Waals surface area contributed by atoms with E-state index < -0.39 is 18.1 Å². The number of alkyl halides is 2. The second kappa shape index (κ2) is 8.91. The van der Waals surface area contributed by atoms with E-state index in [1.54, 1.807) is 6.20 Å². The molecule has 0 radical (unpaired) electrons. The summed E-state index contributed by atoms with van der Waals surface area (Å²) in [4.78, 5) is 6.38. The van der Waals surface area contributed by atoms with Crippen LogP contribution in [0.3, 0.4) is 0 Å². The van der Waals surface area contributed by atoms with Gasteiger partial charge in [0.25, 0.3) is 5.89 Å². The molecule has 1 aliphatic rings. The summed E-state index contributed by atoms with van der Waals surface area (Å²) in [6, 6.07) is 6.93. The zero-order valence-corrected chi connectivity index (χ0v) is 17.9. The standard InChI is InChI=1S/C21H17ClF3N7O/c22-15-6-12(9-31-4-1-5-31)2-3-14(15)17-10-32(30-27-17)11-18-16(23)7-13(8-26-18)20-28-29-21(33-20)19(24)25/h2-3,6-8,10,19H,1,4-5,9,11H2. The lowest BCUT2D eigenvalue weighted by atomic mass is 10.1. The molecule has 0 amide bonds. The summed E-state index contributed by atoms with van der Waals surface area (Å²) in [7, 11) is 0. The van der Waals surface area contributed by atoms with Gasteiger partial charge in [0.05, 0.1) is 29.0 Å². The van der Waals surface area contributed by atoms with Gasteiger partial charge in [-0.2, -0.15) is 8.78 Å². The highest BCUT2D eigenvalue weighted by Gasteiger charge is 2.19. The molecule has 1 saturated heterocycles. The molecule has 170 valence electrons. The molecule has 1 aromatic carbocycles. The zero-order chi connectivity index (χ0) is 22.9. The lowest BCUT2D eigenvalue weighted by Gasteiger charge is -2.30. The molecule has 3 aromatic heterocycles. The maximum atomic E-state index is 14.6. The molecule has 1 aliphatic heterocycles. The number of hydrogen-bond donors (Lipinski definition) is 0. The third kappa shape index (κ3) is 4.60. The van der Waals surface area contributed by atoms with E-state index in [0.29, 0.717) is 10.7 Å². The number of hydrogen-bond acceptors (Lipinski definition) is 7. The van der Waals surface area contributed by atoms with Crippen molar-refractivity contribution in [2.24, 2.45) is 0 Å². The second-order valence-corrected chi connectivity index (χ2v) is 8.05. The van der Waals surface area contributed by atoms with Crippen molar-refractivity contribution in [2.75, 3.05) is 13.1 Å². The van der Waals surface area contributed by atoms with Crippen LogP contribution >= 0.6 is 11.6 Å². The summed E-state index contributed by atoms with van der Waals surface area (Å²) in [5.74, 6) is -1.75. The normalized spacial score (nSPS) is 14.1. The maximum Gasteiger partial charge on any atom is 0.314 e. The van der Waals surface area contributed by atoms with Gasteiger partial charge in [0.1, 0.15) is 11.5 Å². The van der Waals surface area contributed by atoms with Crippen LogP contribution in [0.5, 0.6) is 0 Å². The van der Waals surface area contributed by atoms with E-state index in [2.05, 4.69) is 30.4 Å². The van der Waals surface area contributed by atoms with Crippen LogP contribution < -0.4 is 0 Å². The fraction of sp³-hybridized carbons (Fsp3) is 0.286. The summed E-state index contributed by atoms with van der Waals surface area (Å²) >= 11 is 6.47. The van der Waals surface area contributed by atoms with Crippen molar-refractivity contribution in [1.82, 2.24) is 35.1 Å². The van der Waals surface area contributed by atoms with E-state index >= 15 is 0 Å². The van der Waals surface area contributed by atoms with Crippen molar-refractivity contribution >= 4 is 11.6 Å². The molecule has 4 aromatic rings. The highest BCUT2D eigenvalue weighted by Crippen LogP contribution is 2.28. The van der Waals surface area contributed by atoms with Crippen LogP contribution in [0.25, 0.3) is 22.7 Å². The number of rotatable bonds is 7. The molecule has 0 bridgehead atoms. The third-order valence-corrected chi connectivity index (χ3v) is 5.62. The summed E-state index contributed by atoms with van der Waals surface area (Å²) in [6.45, 7) is 3.08. The lowest BCUT2D eigenvalue weighted by Crippen LogP contribution is -2.36. The number of pyridine rings is 1. The smallest absolute Gasteiger partial charge is 0.314 e. The minimum atomic E-state index is -2.91. The quantitative estimate of drug-likeness (QED) is 0.392. The zero-order valence-electron chi connectivity index (χ0n) is 17.1. The maximum absolute atomic E-state index is 14.6. The predicted octanol–water partition coefficient (Wildman–Crippen LogP) is 4.37. The number of likely N-dealkylation sites (tertiary alicyclic amines) is 1. The lowest BCUT2D eigenvalue weighted by molar-refractivity contribution is 0.116. The molecule has 0 N–H and O–H groups in total. The number of benzene rings is 1.